The maximum absolute atomic E-state index is 13.5. The predicted molar refractivity (Wildman–Crippen MR) is 193 cm³/mol. The lowest BCUT2D eigenvalue weighted by atomic mass is 10.1. The Morgan fingerprint density at radius 1 is 1.02 bits per heavy atom. The van der Waals surface area contributed by atoms with Crippen LogP contribution >= 0.6 is 11.6 Å². The highest BCUT2D eigenvalue weighted by atomic mass is 35.5. The molecule has 1 aromatic heterocycles. The number of carboxylic acid groups (broad SMARTS) is 1. The van der Waals surface area contributed by atoms with Crippen LogP contribution < -0.4 is 25.2 Å². The Balaban J connectivity index is 0.00000128. The third kappa shape index (κ3) is 10.6. The molecule has 0 spiro atoms. The van der Waals surface area contributed by atoms with E-state index in [0.717, 1.165) is 49.1 Å². The second kappa shape index (κ2) is 17.8. The van der Waals surface area contributed by atoms with Crippen molar-refractivity contribution in [2.24, 2.45) is 0 Å². The zero-order valence-electron chi connectivity index (χ0n) is 28.1. The highest BCUT2D eigenvalue weighted by molar-refractivity contribution is 6.34. The highest BCUT2D eigenvalue weighted by Gasteiger charge is 2.32. The largest absolute Gasteiger partial charge is 0.492 e. The molecule has 5 rings (SSSR count). The third-order valence-corrected chi connectivity index (χ3v) is 8.01. The number of hydrogen-bond donors (Lipinski definition) is 3. The van der Waals surface area contributed by atoms with E-state index in [9.17, 15) is 9.59 Å². The molecule has 0 bridgehead atoms. The number of ether oxygens (including phenoxy) is 1. The van der Waals surface area contributed by atoms with Gasteiger partial charge in [-0.05, 0) is 67.5 Å². The molecule has 1 aliphatic heterocycles. The van der Waals surface area contributed by atoms with Gasteiger partial charge in [-0.15, -0.1) is 0 Å². The van der Waals surface area contributed by atoms with Gasteiger partial charge in [0.05, 0.1) is 17.3 Å². The summed E-state index contributed by atoms with van der Waals surface area (Å²) < 4.78 is 5.87. The van der Waals surface area contributed by atoms with E-state index in [1.54, 1.807) is 36.3 Å². The summed E-state index contributed by atoms with van der Waals surface area (Å²) in [5, 5.41) is 13.9. The number of likely N-dealkylation sites (N-methyl/N-ethyl adjacent to an activating group) is 1. The van der Waals surface area contributed by atoms with E-state index in [-0.39, 0.29) is 18.5 Å². The van der Waals surface area contributed by atoms with Gasteiger partial charge in [0, 0.05) is 50.1 Å². The fourth-order valence-electron chi connectivity index (χ4n) is 5.08. The minimum absolute atomic E-state index is 0.120. The Morgan fingerprint density at radius 3 is 2.37 bits per heavy atom. The summed E-state index contributed by atoms with van der Waals surface area (Å²) in [5.41, 5.74) is 3.70. The number of carbonyl (C=O) groups is 3. The van der Waals surface area contributed by atoms with Crippen molar-refractivity contribution in [1.29, 1.82) is 0 Å². The van der Waals surface area contributed by atoms with Gasteiger partial charge < -0.3 is 25.4 Å². The van der Waals surface area contributed by atoms with E-state index in [2.05, 4.69) is 39.3 Å². The van der Waals surface area contributed by atoms with E-state index >= 15 is 0 Å². The number of carboxylic acids is 1. The summed E-state index contributed by atoms with van der Waals surface area (Å²) in [6, 6.07) is 22.3. The van der Waals surface area contributed by atoms with Gasteiger partial charge in [-0.2, -0.15) is 4.98 Å². The molecule has 258 valence electrons. The first kappa shape index (κ1) is 36.6. The maximum atomic E-state index is 13.5. The molecule has 4 aromatic rings. The molecule has 3 aromatic carbocycles. The van der Waals surface area contributed by atoms with Crippen LogP contribution in [0.2, 0.25) is 5.02 Å². The van der Waals surface area contributed by atoms with E-state index in [1.807, 2.05) is 54.6 Å². The number of urea groups is 1. The summed E-state index contributed by atoms with van der Waals surface area (Å²) in [6.45, 7) is 9.09. The van der Waals surface area contributed by atoms with Gasteiger partial charge in [0.15, 0.2) is 0 Å². The zero-order chi connectivity index (χ0) is 35.3. The highest BCUT2D eigenvalue weighted by Crippen LogP contribution is 2.35. The van der Waals surface area contributed by atoms with Crippen molar-refractivity contribution in [2.75, 3.05) is 53.7 Å². The molecule has 49 heavy (non-hydrogen) atoms. The Labute approximate surface area is 291 Å². The van der Waals surface area contributed by atoms with Crippen LogP contribution in [0.25, 0.3) is 0 Å². The van der Waals surface area contributed by atoms with Gasteiger partial charge in [0.25, 0.3) is 5.97 Å². The van der Waals surface area contributed by atoms with Crippen LogP contribution in [0.15, 0.2) is 79.0 Å². The average molecular weight is 688 g/mol. The second-order valence-electron chi connectivity index (χ2n) is 11.2. The molecule has 3 N–H and O–H groups in total. The van der Waals surface area contributed by atoms with Gasteiger partial charge in [-0.1, -0.05) is 55.8 Å². The van der Waals surface area contributed by atoms with E-state index < -0.39 is 5.97 Å². The molecule has 0 saturated carbocycles. The maximum Gasteiger partial charge on any atom is 0.330 e. The summed E-state index contributed by atoms with van der Waals surface area (Å²) in [5.74, 6) is 0.714. The van der Waals surface area contributed by atoms with Crippen LogP contribution in [0.5, 0.6) is 5.75 Å². The van der Waals surface area contributed by atoms with Gasteiger partial charge in [-0.3, -0.25) is 19.4 Å². The number of benzene rings is 3. The molecule has 0 aliphatic carbocycles. The number of nitrogens with one attached hydrogen (secondary N) is 2. The van der Waals surface area contributed by atoms with Crippen molar-refractivity contribution < 1.29 is 24.2 Å². The number of anilines is 5. The number of amides is 3. The molecule has 0 saturated heterocycles. The minimum Gasteiger partial charge on any atom is -0.492 e. The van der Waals surface area contributed by atoms with Crippen LogP contribution in [-0.4, -0.2) is 71.2 Å². The van der Waals surface area contributed by atoms with Gasteiger partial charge in [0.2, 0.25) is 11.9 Å². The van der Waals surface area contributed by atoms with E-state index in [1.165, 1.54) is 4.90 Å². The van der Waals surface area contributed by atoms with Crippen LogP contribution in [0, 0.1) is 0 Å². The first-order valence-corrected chi connectivity index (χ1v) is 16.4. The smallest absolute Gasteiger partial charge is 0.330 e. The summed E-state index contributed by atoms with van der Waals surface area (Å²) in [7, 11) is 1.66. The van der Waals surface area contributed by atoms with Crippen LogP contribution in [0.3, 0.4) is 0 Å². The average Bonchev–Trinajstić information content (AvgIpc) is 3.09. The van der Waals surface area contributed by atoms with Gasteiger partial charge in [0.1, 0.15) is 18.2 Å². The molecule has 12 nitrogen and oxygen atoms in total. The normalized spacial score (nSPS) is 12.2. The Bertz CT molecular complexity index is 1720. The van der Waals surface area contributed by atoms with Gasteiger partial charge >= 0.3 is 6.03 Å². The number of hydrogen-bond acceptors (Lipinski definition) is 8. The first-order valence-electron chi connectivity index (χ1n) is 16.0. The van der Waals surface area contributed by atoms with Crippen LogP contribution in [0.1, 0.15) is 38.3 Å². The predicted octanol–water partition coefficient (Wildman–Crippen LogP) is 6.83. The van der Waals surface area contributed by atoms with Crippen molar-refractivity contribution in [2.45, 2.75) is 40.2 Å². The number of carbonyl (C=O) groups excluding carboxylic acids is 2. The Hall–Kier alpha value is -5.20. The molecule has 0 fully saturated rings. The fraction of sp³-hybridized carbons (Fsp3) is 0.306. The van der Waals surface area contributed by atoms with Crippen molar-refractivity contribution >= 4 is 58.3 Å². The van der Waals surface area contributed by atoms with Crippen molar-refractivity contribution in [3.8, 4) is 5.75 Å². The third-order valence-electron chi connectivity index (χ3n) is 7.69. The molecule has 1 aliphatic rings. The molecular formula is C36H42ClN7O5. The van der Waals surface area contributed by atoms with E-state index in [0.29, 0.717) is 47.6 Å². The molecule has 0 radical (unpaired) electrons. The summed E-state index contributed by atoms with van der Waals surface area (Å²) >= 11 is 6.55. The Morgan fingerprint density at radius 2 is 1.69 bits per heavy atom. The molecule has 13 heteroatoms. The lowest BCUT2D eigenvalue weighted by Crippen LogP contribution is -2.46. The quantitative estimate of drug-likeness (QED) is 0.138. The fourth-order valence-corrected chi connectivity index (χ4v) is 5.30. The lowest BCUT2D eigenvalue weighted by molar-refractivity contribution is -0.134. The zero-order valence-corrected chi connectivity index (χ0v) is 28.9. The summed E-state index contributed by atoms with van der Waals surface area (Å²) in [4.78, 5) is 49.6. The number of nitrogens with zero attached hydrogens (tertiary/aromatic N) is 5. The molecular weight excluding hydrogens is 646 g/mol. The number of aliphatic carboxylic acids is 1. The molecule has 0 unspecified atom stereocenters. The number of fused-ring (bicyclic) bond motifs is 1. The summed E-state index contributed by atoms with van der Waals surface area (Å²) in [6.07, 6.45) is 2.67. The monoisotopic (exact) mass is 687 g/mol. The molecule has 0 atom stereocenters. The van der Waals surface area contributed by atoms with Gasteiger partial charge in [-0.25, -0.2) is 9.78 Å². The van der Waals surface area contributed by atoms with Crippen LogP contribution in [0.4, 0.5) is 33.6 Å². The number of halogens is 1. The van der Waals surface area contributed by atoms with E-state index in [4.69, 9.17) is 26.2 Å². The lowest BCUT2D eigenvalue weighted by Gasteiger charge is -2.34. The molecule has 2 heterocycles. The topological polar surface area (TPSA) is 140 Å². The minimum atomic E-state index is -0.833. The second-order valence-corrected chi connectivity index (χ2v) is 11.6. The van der Waals surface area contributed by atoms with Crippen molar-refractivity contribution in [3.05, 3.63) is 95.1 Å². The number of aromatic nitrogens is 2. The first-order chi connectivity index (χ1) is 23.6. The van der Waals surface area contributed by atoms with Crippen molar-refractivity contribution in [3.63, 3.8) is 0 Å². The van der Waals surface area contributed by atoms with Crippen LogP contribution in [-0.2, 0) is 22.6 Å². The SMILES string of the molecule is CC(=O)O.CCN(CC)CCOc1ccc(Nc2ncc3c(n2)N(C)C(=O)N(c2cc(NC(=O)CCc4ccccc4)ccc2Cl)C3)cc1. The molecule has 3 amide bonds. The Kier molecular flexibility index (Phi) is 13.3. The van der Waals surface area contributed by atoms with Crippen molar-refractivity contribution in [1.82, 2.24) is 14.9 Å². The standard InChI is InChI=1S/C34H38ClN7O3.C2H4O2/c1-4-41(5-2)19-20-45-28-15-12-26(13-16-28)38-33-36-22-25-23-42(34(44)40(3)32(25)39-33)30-21-27(14-17-29(30)35)37-31(43)18-11-24-9-7-6-8-10-24;1-2(3)4/h6-10,12-17,21-22H,4-5,11,18-20,23H2,1-3H3,(H,37,43)(H,36,38,39);1H3,(H,3,4). The number of rotatable bonds is 13. The number of aryl methyl sites for hydroxylation is 1.